The summed E-state index contributed by atoms with van der Waals surface area (Å²) in [5, 5.41) is 0. The molecule has 0 fully saturated rings. The first-order valence-electron chi connectivity index (χ1n) is 5.65. The summed E-state index contributed by atoms with van der Waals surface area (Å²) < 4.78 is 5.02. The number of hydrogen-bond acceptors (Lipinski definition) is 2. The van der Waals surface area contributed by atoms with Crippen LogP contribution in [0.1, 0.15) is 46.0 Å². The fourth-order valence-corrected chi connectivity index (χ4v) is 1.27. The van der Waals surface area contributed by atoms with E-state index in [1.54, 1.807) is 6.08 Å². The molecule has 0 amide bonds. The summed E-state index contributed by atoms with van der Waals surface area (Å²) >= 11 is 0. The summed E-state index contributed by atoms with van der Waals surface area (Å²) in [6.45, 7) is 7.24. The SMILES string of the molecule is C=CC(C/C=C/CCCCC)OC(C)=O. The van der Waals surface area contributed by atoms with Crippen LogP contribution in [0, 0.1) is 0 Å². The third kappa shape index (κ3) is 9.26. The van der Waals surface area contributed by atoms with Crippen molar-refractivity contribution in [3.05, 3.63) is 24.8 Å². The predicted octanol–water partition coefficient (Wildman–Crippen LogP) is 3.63. The number of allylic oxidation sites excluding steroid dienone is 1. The molecule has 0 heterocycles. The Morgan fingerprint density at radius 3 is 2.67 bits per heavy atom. The van der Waals surface area contributed by atoms with Crippen LogP contribution in [0.25, 0.3) is 0 Å². The molecule has 0 aromatic rings. The fraction of sp³-hybridized carbons (Fsp3) is 0.615. The maximum absolute atomic E-state index is 10.7. The van der Waals surface area contributed by atoms with Crippen LogP contribution in [0.4, 0.5) is 0 Å². The number of carbonyl (C=O) groups is 1. The van der Waals surface area contributed by atoms with Gasteiger partial charge in [-0.2, -0.15) is 0 Å². The van der Waals surface area contributed by atoms with Crippen molar-refractivity contribution in [2.45, 2.75) is 52.1 Å². The second-order valence-corrected chi connectivity index (χ2v) is 3.59. The third-order valence-electron chi connectivity index (χ3n) is 2.09. The molecule has 86 valence electrons. The first-order valence-corrected chi connectivity index (χ1v) is 5.65. The Bertz CT molecular complexity index is 207. The number of unbranched alkanes of at least 4 members (excludes halogenated alkanes) is 3. The minimum absolute atomic E-state index is 0.176. The van der Waals surface area contributed by atoms with Gasteiger partial charge in [0.25, 0.3) is 0 Å². The van der Waals surface area contributed by atoms with Crippen molar-refractivity contribution in [1.82, 2.24) is 0 Å². The van der Waals surface area contributed by atoms with Crippen molar-refractivity contribution in [1.29, 1.82) is 0 Å². The molecule has 0 spiro atoms. The lowest BCUT2D eigenvalue weighted by Gasteiger charge is -2.09. The maximum Gasteiger partial charge on any atom is 0.303 e. The van der Waals surface area contributed by atoms with Crippen molar-refractivity contribution < 1.29 is 9.53 Å². The van der Waals surface area contributed by atoms with Gasteiger partial charge in [0, 0.05) is 13.3 Å². The molecular formula is C13H22O2. The van der Waals surface area contributed by atoms with Crippen LogP contribution in [-0.4, -0.2) is 12.1 Å². The molecule has 2 nitrogen and oxygen atoms in total. The Labute approximate surface area is 93.0 Å². The normalized spacial score (nSPS) is 12.7. The smallest absolute Gasteiger partial charge is 0.303 e. The third-order valence-corrected chi connectivity index (χ3v) is 2.09. The van der Waals surface area contributed by atoms with E-state index in [1.807, 2.05) is 0 Å². The molecule has 0 aromatic heterocycles. The second-order valence-electron chi connectivity index (χ2n) is 3.59. The molecule has 2 heteroatoms. The fourth-order valence-electron chi connectivity index (χ4n) is 1.27. The highest BCUT2D eigenvalue weighted by molar-refractivity contribution is 5.66. The van der Waals surface area contributed by atoms with Gasteiger partial charge in [0.2, 0.25) is 0 Å². The Morgan fingerprint density at radius 1 is 1.40 bits per heavy atom. The van der Waals surface area contributed by atoms with Gasteiger partial charge in [0.15, 0.2) is 0 Å². The summed E-state index contributed by atoms with van der Waals surface area (Å²) in [6.07, 6.45) is 11.3. The van der Waals surface area contributed by atoms with E-state index in [1.165, 1.54) is 26.2 Å². The monoisotopic (exact) mass is 210 g/mol. The number of rotatable bonds is 8. The zero-order chi connectivity index (χ0) is 11.5. The van der Waals surface area contributed by atoms with Crippen LogP contribution in [0.5, 0.6) is 0 Å². The zero-order valence-corrected chi connectivity index (χ0v) is 9.87. The van der Waals surface area contributed by atoms with Crippen molar-refractivity contribution in [3.8, 4) is 0 Å². The van der Waals surface area contributed by atoms with Crippen molar-refractivity contribution >= 4 is 5.97 Å². The molecule has 0 saturated heterocycles. The maximum atomic E-state index is 10.7. The number of esters is 1. The number of carbonyl (C=O) groups excluding carboxylic acids is 1. The summed E-state index contributed by atoms with van der Waals surface area (Å²) in [4.78, 5) is 10.7. The molecule has 0 aliphatic heterocycles. The highest BCUT2D eigenvalue weighted by Crippen LogP contribution is 2.04. The molecule has 0 rings (SSSR count). The minimum Gasteiger partial charge on any atom is -0.458 e. The van der Waals surface area contributed by atoms with Gasteiger partial charge in [-0.15, -0.1) is 0 Å². The van der Waals surface area contributed by atoms with Crippen LogP contribution in [0.15, 0.2) is 24.8 Å². The van der Waals surface area contributed by atoms with Crippen LogP contribution >= 0.6 is 0 Å². The topological polar surface area (TPSA) is 26.3 Å². The predicted molar refractivity (Wildman–Crippen MR) is 63.7 cm³/mol. The van der Waals surface area contributed by atoms with E-state index >= 15 is 0 Å². The van der Waals surface area contributed by atoms with Gasteiger partial charge in [0.05, 0.1) is 0 Å². The standard InChI is InChI=1S/C13H22O2/c1-4-6-7-8-9-10-11-13(5-2)15-12(3)14/h5,9-10,13H,2,4,6-8,11H2,1,3H3/b10-9+. The van der Waals surface area contributed by atoms with Gasteiger partial charge in [-0.1, -0.05) is 44.6 Å². The van der Waals surface area contributed by atoms with Crippen molar-refractivity contribution in [2.75, 3.05) is 0 Å². The van der Waals surface area contributed by atoms with Crippen molar-refractivity contribution in [2.24, 2.45) is 0 Å². The van der Waals surface area contributed by atoms with E-state index < -0.39 is 0 Å². The zero-order valence-electron chi connectivity index (χ0n) is 9.87. The molecule has 0 saturated carbocycles. The molecule has 0 bridgehead atoms. The van der Waals surface area contributed by atoms with Crippen molar-refractivity contribution in [3.63, 3.8) is 0 Å². The van der Waals surface area contributed by atoms with E-state index in [0.29, 0.717) is 0 Å². The van der Waals surface area contributed by atoms with Gasteiger partial charge in [-0.05, 0) is 12.8 Å². The molecule has 0 aliphatic rings. The Morgan fingerprint density at radius 2 is 2.13 bits per heavy atom. The van der Waals surface area contributed by atoms with Gasteiger partial charge in [-0.3, -0.25) is 4.79 Å². The summed E-state index contributed by atoms with van der Waals surface area (Å²) in [7, 11) is 0. The first kappa shape index (κ1) is 13.9. The van der Waals surface area contributed by atoms with E-state index in [2.05, 4.69) is 25.7 Å². The van der Waals surface area contributed by atoms with Crippen LogP contribution in [0.3, 0.4) is 0 Å². The average molecular weight is 210 g/mol. The van der Waals surface area contributed by atoms with E-state index in [-0.39, 0.29) is 12.1 Å². The van der Waals surface area contributed by atoms with Gasteiger partial charge < -0.3 is 4.74 Å². The lowest BCUT2D eigenvalue weighted by molar-refractivity contribution is -0.143. The van der Waals surface area contributed by atoms with E-state index in [0.717, 1.165) is 12.8 Å². The number of ether oxygens (including phenoxy) is 1. The Hall–Kier alpha value is -1.05. The highest BCUT2D eigenvalue weighted by atomic mass is 16.5. The molecular weight excluding hydrogens is 188 g/mol. The van der Waals surface area contributed by atoms with Crippen LogP contribution < -0.4 is 0 Å². The largest absolute Gasteiger partial charge is 0.458 e. The molecule has 1 atom stereocenters. The molecule has 0 aromatic carbocycles. The number of hydrogen-bond donors (Lipinski definition) is 0. The Balaban J connectivity index is 3.60. The van der Waals surface area contributed by atoms with Gasteiger partial charge >= 0.3 is 5.97 Å². The molecule has 15 heavy (non-hydrogen) atoms. The molecule has 0 aliphatic carbocycles. The molecule has 1 unspecified atom stereocenters. The molecule has 0 radical (unpaired) electrons. The Kier molecular flexibility index (Phi) is 8.84. The van der Waals surface area contributed by atoms with Crippen LogP contribution in [-0.2, 0) is 9.53 Å². The first-order chi connectivity index (χ1) is 7.20. The van der Waals surface area contributed by atoms with Gasteiger partial charge in [0.1, 0.15) is 6.10 Å². The summed E-state index contributed by atoms with van der Waals surface area (Å²) in [5.74, 6) is -0.251. The molecule has 0 N–H and O–H groups in total. The minimum atomic E-state index is -0.251. The van der Waals surface area contributed by atoms with E-state index in [9.17, 15) is 4.79 Å². The van der Waals surface area contributed by atoms with Gasteiger partial charge in [-0.25, -0.2) is 0 Å². The highest BCUT2D eigenvalue weighted by Gasteiger charge is 2.03. The van der Waals surface area contributed by atoms with Crippen LogP contribution in [0.2, 0.25) is 0 Å². The summed E-state index contributed by atoms with van der Waals surface area (Å²) in [5.41, 5.74) is 0. The lowest BCUT2D eigenvalue weighted by Crippen LogP contribution is -2.12. The quantitative estimate of drug-likeness (QED) is 0.347. The summed E-state index contributed by atoms with van der Waals surface area (Å²) in [6, 6.07) is 0. The average Bonchev–Trinajstić information content (AvgIpc) is 2.20. The second kappa shape index (κ2) is 9.50. The lowest BCUT2D eigenvalue weighted by atomic mass is 10.1. The van der Waals surface area contributed by atoms with E-state index in [4.69, 9.17) is 4.74 Å².